The number of nitrogens with zero attached hydrogens (tertiary/aromatic N) is 4. The number of halogens is 1. The molecule has 6 heteroatoms. The first-order valence-corrected chi connectivity index (χ1v) is 11.4. The molecule has 1 fully saturated rings. The second kappa shape index (κ2) is 8.96. The lowest BCUT2D eigenvalue weighted by molar-refractivity contribution is 0.140. The number of phenols is 1. The van der Waals surface area contributed by atoms with Crippen LogP contribution >= 0.6 is 0 Å². The van der Waals surface area contributed by atoms with Crippen molar-refractivity contribution < 1.29 is 9.50 Å². The molecule has 0 unspecified atom stereocenters. The zero-order valence-corrected chi connectivity index (χ0v) is 19.0. The van der Waals surface area contributed by atoms with Gasteiger partial charge in [0.25, 0.3) is 0 Å². The number of likely N-dealkylation sites (tertiary alicyclic amines) is 1. The van der Waals surface area contributed by atoms with E-state index in [4.69, 9.17) is 4.98 Å². The van der Waals surface area contributed by atoms with Crippen molar-refractivity contribution in [3.05, 3.63) is 78.4 Å². The van der Waals surface area contributed by atoms with Gasteiger partial charge < -0.3 is 14.6 Å². The van der Waals surface area contributed by atoms with E-state index < -0.39 is 5.82 Å². The van der Waals surface area contributed by atoms with Crippen LogP contribution in [0.1, 0.15) is 18.4 Å². The van der Waals surface area contributed by atoms with Crippen LogP contribution in [-0.4, -0.2) is 57.7 Å². The third kappa shape index (κ3) is 4.36. The fourth-order valence-electron chi connectivity index (χ4n) is 4.69. The van der Waals surface area contributed by atoms with Crippen LogP contribution in [0.25, 0.3) is 27.8 Å². The molecule has 1 saturated heterocycles. The lowest BCUT2D eigenvalue weighted by Gasteiger charge is -2.35. The molecule has 0 spiro atoms. The van der Waals surface area contributed by atoms with Gasteiger partial charge >= 0.3 is 0 Å². The zero-order chi connectivity index (χ0) is 22.9. The van der Waals surface area contributed by atoms with Crippen molar-refractivity contribution >= 4 is 10.9 Å². The Balaban J connectivity index is 1.42. The van der Waals surface area contributed by atoms with Gasteiger partial charge in [-0.15, -0.1) is 0 Å². The number of aromatic nitrogens is 2. The Bertz CT molecular complexity index is 1260. The number of para-hydroxylation sites is 1. The first-order valence-electron chi connectivity index (χ1n) is 11.4. The zero-order valence-electron chi connectivity index (χ0n) is 19.0. The molecule has 1 N–H and O–H groups in total. The normalized spacial score (nSPS) is 15.5. The Hall–Kier alpha value is -3.22. The van der Waals surface area contributed by atoms with Crippen LogP contribution in [0.5, 0.6) is 5.75 Å². The summed E-state index contributed by atoms with van der Waals surface area (Å²) in [6, 6.07) is 16.6. The summed E-state index contributed by atoms with van der Waals surface area (Å²) < 4.78 is 15.6. The van der Waals surface area contributed by atoms with Crippen LogP contribution in [0.4, 0.5) is 4.39 Å². The van der Waals surface area contributed by atoms with E-state index in [0.29, 0.717) is 11.7 Å². The second-order valence-electron chi connectivity index (χ2n) is 9.00. The topological polar surface area (TPSA) is 44.5 Å². The van der Waals surface area contributed by atoms with Gasteiger partial charge in [-0.1, -0.05) is 24.3 Å². The van der Waals surface area contributed by atoms with Gasteiger partial charge in [0.15, 0.2) is 0 Å². The minimum atomic E-state index is -0.410. The number of fused-ring (bicyclic) bond motifs is 1. The predicted molar refractivity (Wildman–Crippen MR) is 129 cm³/mol. The third-order valence-corrected chi connectivity index (χ3v) is 6.59. The molecule has 0 saturated carbocycles. The van der Waals surface area contributed by atoms with Crippen LogP contribution in [0.15, 0.2) is 60.8 Å². The minimum absolute atomic E-state index is 0.00120. The number of hydrogen-bond acceptors (Lipinski definition) is 4. The van der Waals surface area contributed by atoms with Crippen molar-refractivity contribution in [3.63, 3.8) is 0 Å². The van der Waals surface area contributed by atoms with Gasteiger partial charge in [-0.2, -0.15) is 0 Å². The Kier molecular flexibility index (Phi) is 5.87. The van der Waals surface area contributed by atoms with Crippen LogP contribution in [0, 0.1) is 12.0 Å². The fraction of sp³-hybridized carbons (Fsp3) is 0.296. The van der Waals surface area contributed by atoms with Crippen molar-refractivity contribution in [2.75, 3.05) is 27.2 Å². The number of hydrogen-bond donors (Lipinski definition) is 1. The van der Waals surface area contributed by atoms with E-state index in [1.807, 2.05) is 36.5 Å². The second-order valence-corrected chi connectivity index (χ2v) is 9.00. The highest BCUT2D eigenvalue weighted by Gasteiger charge is 2.21. The molecule has 1 aliphatic rings. The summed E-state index contributed by atoms with van der Waals surface area (Å²) in [6.07, 6.45) is 7.65. The fourth-order valence-corrected chi connectivity index (χ4v) is 4.69. The Morgan fingerprint density at radius 1 is 1.09 bits per heavy atom. The number of aromatic hydroxyl groups is 1. The van der Waals surface area contributed by atoms with Crippen LogP contribution < -0.4 is 0 Å². The maximum absolute atomic E-state index is 13.9. The van der Waals surface area contributed by atoms with Crippen molar-refractivity contribution in [3.8, 4) is 22.7 Å². The van der Waals surface area contributed by atoms with Crippen LogP contribution in [0.3, 0.4) is 0 Å². The molecular weight excluding hydrogens is 415 g/mol. The number of pyridine rings is 1. The van der Waals surface area contributed by atoms with Crippen molar-refractivity contribution in [1.82, 2.24) is 19.4 Å². The van der Waals surface area contributed by atoms with E-state index in [1.165, 1.54) is 36.6 Å². The predicted octanol–water partition coefficient (Wildman–Crippen LogP) is 4.86. The van der Waals surface area contributed by atoms with E-state index >= 15 is 0 Å². The monoisotopic (exact) mass is 443 g/mol. The van der Waals surface area contributed by atoms with E-state index in [2.05, 4.69) is 36.2 Å². The first-order chi connectivity index (χ1) is 16.0. The van der Waals surface area contributed by atoms with Gasteiger partial charge in [0.05, 0.1) is 23.1 Å². The van der Waals surface area contributed by atoms with Crippen molar-refractivity contribution in [1.29, 1.82) is 0 Å². The highest BCUT2D eigenvalue weighted by Crippen LogP contribution is 2.34. The smallest absolute Gasteiger partial charge is 0.139 e. The molecule has 4 aromatic rings. The minimum Gasteiger partial charge on any atom is -0.506 e. The molecule has 3 heterocycles. The van der Waals surface area contributed by atoms with Gasteiger partial charge in [-0.25, -0.2) is 4.39 Å². The highest BCUT2D eigenvalue weighted by atomic mass is 19.1. The summed E-state index contributed by atoms with van der Waals surface area (Å²) in [5.41, 5.74) is 4.01. The molecular formula is C27H28FN4O. The molecule has 5 nitrogen and oxygen atoms in total. The number of piperidine rings is 1. The summed E-state index contributed by atoms with van der Waals surface area (Å²) in [5, 5.41) is 11.3. The average Bonchev–Trinajstić information content (AvgIpc) is 3.21. The van der Waals surface area contributed by atoms with E-state index in [1.54, 1.807) is 4.57 Å². The van der Waals surface area contributed by atoms with Gasteiger partial charge in [0.2, 0.25) is 0 Å². The van der Waals surface area contributed by atoms with E-state index in [9.17, 15) is 9.50 Å². The average molecular weight is 444 g/mol. The summed E-state index contributed by atoms with van der Waals surface area (Å²) >= 11 is 0. The largest absolute Gasteiger partial charge is 0.506 e. The molecule has 2 aromatic carbocycles. The Labute approximate surface area is 193 Å². The molecule has 0 amide bonds. The molecule has 0 aliphatic carbocycles. The first kappa shape index (κ1) is 21.6. The van der Waals surface area contributed by atoms with Crippen LogP contribution in [-0.2, 0) is 6.54 Å². The number of benzene rings is 2. The molecule has 1 radical (unpaired) electrons. The Morgan fingerprint density at radius 2 is 1.88 bits per heavy atom. The van der Waals surface area contributed by atoms with Crippen molar-refractivity contribution in [2.24, 2.45) is 0 Å². The quantitative estimate of drug-likeness (QED) is 0.478. The van der Waals surface area contributed by atoms with Crippen molar-refractivity contribution in [2.45, 2.75) is 25.4 Å². The van der Waals surface area contributed by atoms with E-state index in [-0.39, 0.29) is 5.75 Å². The maximum Gasteiger partial charge on any atom is 0.139 e. The standard InChI is InChI=1S/C27H28FN4O/c1-30(2)21-11-13-31(14-12-21)17-19-7-9-24(29-16-19)23-18-32(25-6-4-3-5-22(23)25)26-15-20(28)8-10-27(26)33/h3-10,15-16,21,33H,11-14,17H2,1-2H3. The molecule has 0 bridgehead atoms. The molecule has 169 valence electrons. The summed E-state index contributed by atoms with van der Waals surface area (Å²) in [5.74, 6) is -0.408. The number of rotatable bonds is 5. The molecule has 0 atom stereocenters. The third-order valence-electron chi connectivity index (χ3n) is 6.59. The molecule has 2 aromatic heterocycles. The maximum atomic E-state index is 13.9. The molecule has 33 heavy (non-hydrogen) atoms. The Morgan fingerprint density at radius 3 is 2.61 bits per heavy atom. The summed E-state index contributed by atoms with van der Waals surface area (Å²) in [6.45, 7) is 3.10. The molecule has 1 aliphatic heterocycles. The van der Waals surface area contributed by atoms with Gasteiger partial charge in [-0.3, -0.25) is 9.88 Å². The lowest BCUT2D eigenvalue weighted by atomic mass is 10.0. The van der Waals surface area contributed by atoms with Gasteiger partial charge in [-0.05, 0) is 69.9 Å². The van der Waals surface area contributed by atoms with Crippen LogP contribution in [0.2, 0.25) is 0 Å². The summed E-state index contributed by atoms with van der Waals surface area (Å²) in [7, 11) is 4.32. The summed E-state index contributed by atoms with van der Waals surface area (Å²) in [4.78, 5) is 9.55. The van der Waals surface area contributed by atoms with Gasteiger partial charge in [0, 0.05) is 35.8 Å². The SMILES string of the molecule is CN(C)C1CCN(Cc2ccc(-c3[c]n(-c4cc(F)ccc4O)c4ccccc34)nc2)CC1. The van der Waals surface area contributed by atoms with Gasteiger partial charge in [0.1, 0.15) is 11.6 Å². The number of phenolic OH excluding ortho intramolecular Hbond substituents is 1. The highest BCUT2D eigenvalue weighted by molar-refractivity contribution is 5.96. The molecule has 5 rings (SSSR count). The van der Waals surface area contributed by atoms with E-state index in [0.717, 1.165) is 41.8 Å². The lowest BCUT2D eigenvalue weighted by Crippen LogP contribution is -2.41.